The molecule has 0 radical (unpaired) electrons. The van der Waals surface area contributed by atoms with Crippen molar-refractivity contribution in [1.82, 2.24) is 6.15 Å². The van der Waals surface area contributed by atoms with Gasteiger partial charge in [0.2, 0.25) is 0 Å². The second-order valence-electron chi connectivity index (χ2n) is 2.97. The van der Waals surface area contributed by atoms with Crippen LogP contribution in [0.25, 0.3) is 0 Å². The minimum atomic E-state index is -0.632. The summed E-state index contributed by atoms with van der Waals surface area (Å²) in [7, 11) is 0. The molecule has 84 valence electrons. The fourth-order valence-electron chi connectivity index (χ4n) is 1.25. The van der Waals surface area contributed by atoms with E-state index in [-0.39, 0.29) is 30.6 Å². The lowest BCUT2D eigenvalue weighted by Crippen LogP contribution is -1.99. The molecule has 1 aromatic rings. The molecule has 0 fully saturated rings. The van der Waals surface area contributed by atoms with Gasteiger partial charge in [0.1, 0.15) is 0 Å². The maximum absolute atomic E-state index is 10.6. The minimum Gasteiger partial charge on any atom is -0.502 e. The van der Waals surface area contributed by atoms with Gasteiger partial charge in [-0.25, -0.2) is 0 Å². The summed E-state index contributed by atoms with van der Waals surface area (Å²) in [5, 5.41) is 28.8. The molecule has 0 saturated carbocycles. The molecule has 6 heteroatoms. The number of hydrogen-bond acceptors (Lipinski definition) is 5. The molecule has 0 saturated heterocycles. The highest BCUT2D eigenvalue weighted by atomic mass is 16.6. The molecule has 0 amide bonds. The molecule has 0 spiro atoms. The number of nitrogens with zero attached hydrogens (tertiary/aromatic N) is 1. The van der Waals surface area contributed by atoms with Crippen LogP contribution >= 0.6 is 0 Å². The van der Waals surface area contributed by atoms with Crippen molar-refractivity contribution in [3.63, 3.8) is 0 Å². The number of aromatic hydroxyl groups is 1. The van der Waals surface area contributed by atoms with Crippen molar-refractivity contribution < 1.29 is 15.1 Å². The molecule has 0 atom stereocenters. The number of aliphatic hydroxyl groups is 1. The first-order chi connectivity index (χ1) is 6.57. The Labute approximate surface area is 86.9 Å². The van der Waals surface area contributed by atoms with Crippen LogP contribution in [0.5, 0.6) is 5.75 Å². The van der Waals surface area contributed by atoms with E-state index in [1.165, 1.54) is 0 Å². The van der Waals surface area contributed by atoms with E-state index in [4.69, 9.17) is 5.11 Å². The first-order valence-corrected chi connectivity index (χ1v) is 4.14. The monoisotopic (exact) mass is 214 g/mol. The Morgan fingerprint density at radius 1 is 1.47 bits per heavy atom. The number of aryl methyl sites for hydroxylation is 1. The molecule has 1 aromatic carbocycles. The van der Waals surface area contributed by atoms with Gasteiger partial charge in [0, 0.05) is 18.6 Å². The van der Waals surface area contributed by atoms with Gasteiger partial charge >= 0.3 is 5.69 Å². The fourth-order valence-corrected chi connectivity index (χ4v) is 1.25. The average Bonchev–Trinajstić information content (AvgIpc) is 2.11. The van der Waals surface area contributed by atoms with E-state index in [1.54, 1.807) is 19.1 Å². The first kappa shape index (κ1) is 13.3. The van der Waals surface area contributed by atoms with E-state index in [0.717, 1.165) is 0 Å². The van der Waals surface area contributed by atoms with Gasteiger partial charge in [-0.3, -0.25) is 10.1 Å². The summed E-state index contributed by atoms with van der Waals surface area (Å²) >= 11 is 0. The van der Waals surface area contributed by atoms with Crippen LogP contribution < -0.4 is 6.15 Å². The van der Waals surface area contributed by atoms with E-state index in [9.17, 15) is 15.2 Å². The number of nitro benzene ring substituents is 1. The SMILES string of the molecule is Cc1ccc(CCO)c([N+](=O)[O-])c1O.N. The zero-order chi connectivity index (χ0) is 10.7. The van der Waals surface area contributed by atoms with E-state index >= 15 is 0 Å². The van der Waals surface area contributed by atoms with Crippen molar-refractivity contribution in [3.05, 3.63) is 33.4 Å². The third-order valence-electron chi connectivity index (χ3n) is 2.00. The molecule has 0 bridgehead atoms. The lowest BCUT2D eigenvalue weighted by Gasteiger charge is -2.04. The number of nitro groups is 1. The quantitative estimate of drug-likeness (QED) is 0.517. The molecule has 0 unspecified atom stereocenters. The highest BCUT2D eigenvalue weighted by Crippen LogP contribution is 2.32. The number of aliphatic hydroxyl groups excluding tert-OH is 1. The van der Waals surface area contributed by atoms with Crippen molar-refractivity contribution in [3.8, 4) is 5.75 Å². The second-order valence-corrected chi connectivity index (χ2v) is 2.97. The maximum atomic E-state index is 10.6. The van der Waals surface area contributed by atoms with E-state index in [2.05, 4.69) is 0 Å². The largest absolute Gasteiger partial charge is 0.502 e. The third kappa shape index (κ3) is 2.64. The highest BCUT2D eigenvalue weighted by molar-refractivity contribution is 5.56. The first-order valence-electron chi connectivity index (χ1n) is 4.14. The molecule has 0 aliphatic rings. The Kier molecular flexibility index (Phi) is 4.69. The molecule has 1 rings (SSSR count). The summed E-state index contributed by atoms with van der Waals surface area (Å²) in [6.45, 7) is 1.41. The summed E-state index contributed by atoms with van der Waals surface area (Å²) in [4.78, 5) is 10.0. The van der Waals surface area contributed by atoms with Gasteiger partial charge in [-0.05, 0) is 12.5 Å². The Balaban J connectivity index is 0.00000196. The van der Waals surface area contributed by atoms with E-state index in [1.807, 2.05) is 0 Å². The van der Waals surface area contributed by atoms with Crippen LogP contribution in [0.3, 0.4) is 0 Å². The normalized spacial score (nSPS) is 9.47. The third-order valence-corrected chi connectivity index (χ3v) is 2.00. The van der Waals surface area contributed by atoms with Crippen molar-refractivity contribution in [2.75, 3.05) is 6.61 Å². The Hall–Kier alpha value is -1.66. The molecule has 6 nitrogen and oxygen atoms in total. The predicted molar refractivity (Wildman–Crippen MR) is 55.3 cm³/mol. The fraction of sp³-hybridized carbons (Fsp3) is 0.333. The molecular formula is C9H14N2O4. The highest BCUT2D eigenvalue weighted by Gasteiger charge is 2.20. The number of phenols is 1. The van der Waals surface area contributed by atoms with Gasteiger partial charge in [-0.2, -0.15) is 0 Å². The molecule has 0 aromatic heterocycles. The summed E-state index contributed by atoms with van der Waals surface area (Å²) in [5.41, 5.74) is 0.498. The van der Waals surface area contributed by atoms with Crippen LogP contribution in [0.4, 0.5) is 5.69 Å². The van der Waals surface area contributed by atoms with Crippen molar-refractivity contribution in [1.29, 1.82) is 0 Å². The molecular weight excluding hydrogens is 200 g/mol. The summed E-state index contributed by atoms with van der Waals surface area (Å²) in [6, 6.07) is 3.14. The van der Waals surface area contributed by atoms with Crippen molar-refractivity contribution in [2.24, 2.45) is 0 Å². The van der Waals surface area contributed by atoms with Gasteiger partial charge in [-0.1, -0.05) is 12.1 Å². The lowest BCUT2D eigenvalue weighted by atomic mass is 10.1. The topological polar surface area (TPSA) is 119 Å². The summed E-state index contributed by atoms with van der Waals surface area (Å²) in [5.74, 6) is -0.319. The van der Waals surface area contributed by atoms with Crippen LogP contribution in [0.1, 0.15) is 11.1 Å². The zero-order valence-electron chi connectivity index (χ0n) is 8.43. The standard InChI is InChI=1S/C9H11NO4.H3N/c1-6-2-3-7(4-5-11)8(9(6)12)10(13)14;/h2-3,11-12H,4-5H2,1H3;1H3. The van der Waals surface area contributed by atoms with Gasteiger partial charge < -0.3 is 16.4 Å². The average molecular weight is 214 g/mol. The van der Waals surface area contributed by atoms with Crippen LogP contribution in [-0.2, 0) is 6.42 Å². The maximum Gasteiger partial charge on any atom is 0.314 e. The Morgan fingerprint density at radius 2 is 2.07 bits per heavy atom. The molecule has 5 N–H and O–H groups in total. The van der Waals surface area contributed by atoms with E-state index < -0.39 is 4.92 Å². The Morgan fingerprint density at radius 3 is 2.53 bits per heavy atom. The summed E-state index contributed by atoms with van der Waals surface area (Å²) in [6.07, 6.45) is 0.171. The van der Waals surface area contributed by atoms with Gasteiger partial charge in [0.15, 0.2) is 5.75 Å². The Bertz CT molecular complexity index is 365. The number of rotatable bonds is 3. The van der Waals surface area contributed by atoms with Crippen LogP contribution in [0, 0.1) is 17.0 Å². The van der Waals surface area contributed by atoms with Crippen LogP contribution in [0.2, 0.25) is 0 Å². The summed E-state index contributed by atoms with van der Waals surface area (Å²) < 4.78 is 0. The van der Waals surface area contributed by atoms with Crippen molar-refractivity contribution in [2.45, 2.75) is 13.3 Å². The minimum absolute atomic E-state index is 0. The van der Waals surface area contributed by atoms with Crippen LogP contribution in [-0.4, -0.2) is 21.7 Å². The van der Waals surface area contributed by atoms with Crippen molar-refractivity contribution >= 4 is 5.69 Å². The number of benzene rings is 1. The predicted octanol–water partition coefficient (Wildman–Crippen LogP) is 1.31. The molecule has 0 aliphatic carbocycles. The lowest BCUT2D eigenvalue weighted by molar-refractivity contribution is -0.386. The zero-order valence-corrected chi connectivity index (χ0v) is 8.43. The second kappa shape index (κ2) is 5.28. The molecule has 0 heterocycles. The number of hydrogen-bond donors (Lipinski definition) is 3. The van der Waals surface area contributed by atoms with E-state index in [0.29, 0.717) is 11.1 Å². The molecule has 0 aliphatic heterocycles. The molecule has 15 heavy (non-hydrogen) atoms. The smallest absolute Gasteiger partial charge is 0.314 e. The van der Waals surface area contributed by atoms with Gasteiger partial charge in [0.05, 0.1) is 4.92 Å². The van der Waals surface area contributed by atoms with Crippen LogP contribution in [0.15, 0.2) is 12.1 Å². The number of phenolic OH excluding ortho intramolecular Hbond substituents is 1. The van der Waals surface area contributed by atoms with Gasteiger partial charge in [-0.15, -0.1) is 0 Å². The van der Waals surface area contributed by atoms with Gasteiger partial charge in [0.25, 0.3) is 0 Å².